The molecule has 17 heavy (non-hydrogen) atoms. The molecule has 1 fully saturated rings. The van der Waals surface area contributed by atoms with Gasteiger partial charge in [-0.15, -0.1) is 0 Å². The SMILES string of the molecule is O=C(CC1CCCC1)c1cc(Cl)c(Br)cc1F. The van der Waals surface area contributed by atoms with Crippen LogP contribution in [-0.2, 0) is 0 Å². The summed E-state index contributed by atoms with van der Waals surface area (Å²) < 4.78 is 14.1. The van der Waals surface area contributed by atoms with E-state index in [2.05, 4.69) is 15.9 Å². The molecule has 0 spiro atoms. The molecule has 1 aromatic carbocycles. The van der Waals surface area contributed by atoms with Crippen molar-refractivity contribution in [1.82, 2.24) is 0 Å². The average molecular weight is 320 g/mol. The number of hydrogen-bond acceptors (Lipinski definition) is 1. The Morgan fingerprint density at radius 1 is 1.41 bits per heavy atom. The molecule has 0 radical (unpaired) electrons. The molecule has 0 unspecified atom stereocenters. The van der Waals surface area contributed by atoms with Gasteiger partial charge in [-0.05, 0) is 34.0 Å². The van der Waals surface area contributed by atoms with Crippen LogP contribution in [0.15, 0.2) is 16.6 Å². The van der Waals surface area contributed by atoms with E-state index in [0.29, 0.717) is 21.8 Å². The van der Waals surface area contributed by atoms with Crippen LogP contribution in [0.4, 0.5) is 4.39 Å². The topological polar surface area (TPSA) is 17.1 Å². The van der Waals surface area contributed by atoms with Gasteiger partial charge in [-0.25, -0.2) is 4.39 Å². The van der Waals surface area contributed by atoms with Crippen molar-refractivity contribution < 1.29 is 9.18 Å². The highest BCUT2D eigenvalue weighted by molar-refractivity contribution is 9.10. The Morgan fingerprint density at radius 3 is 2.71 bits per heavy atom. The molecule has 0 aliphatic heterocycles. The Morgan fingerprint density at radius 2 is 2.06 bits per heavy atom. The van der Waals surface area contributed by atoms with Crippen LogP contribution >= 0.6 is 27.5 Å². The molecule has 92 valence electrons. The first-order valence-electron chi connectivity index (χ1n) is 5.75. The van der Waals surface area contributed by atoms with Gasteiger partial charge in [-0.3, -0.25) is 4.79 Å². The van der Waals surface area contributed by atoms with Crippen molar-refractivity contribution in [2.45, 2.75) is 32.1 Å². The minimum absolute atomic E-state index is 0.116. The summed E-state index contributed by atoms with van der Waals surface area (Å²) >= 11 is 9.02. The van der Waals surface area contributed by atoms with Crippen molar-refractivity contribution in [3.05, 3.63) is 33.0 Å². The third-order valence-corrected chi connectivity index (χ3v) is 4.46. The summed E-state index contributed by atoms with van der Waals surface area (Å²) in [6.45, 7) is 0. The zero-order chi connectivity index (χ0) is 12.4. The van der Waals surface area contributed by atoms with E-state index >= 15 is 0 Å². The van der Waals surface area contributed by atoms with Crippen molar-refractivity contribution in [2.75, 3.05) is 0 Å². The lowest BCUT2D eigenvalue weighted by Gasteiger charge is -2.09. The Balaban J connectivity index is 2.15. The maximum Gasteiger partial charge on any atom is 0.166 e. The monoisotopic (exact) mass is 318 g/mol. The standard InChI is InChI=1S/C13H13BrClFO/c14-10-7-12(16)9(6-11(10)15)13(17)5-8-3-1-2-4-8/h6-8H,1-5H2. The largest absolute Gasteiger partial charge is 0.294 e. The van der Waals surface area contributed by atoms with Crippen molar-refractivity contribution in [3.8, 4) is 0 Å². The molecule has 4 heteroatoms. The van der Waals surface area contributed by atoms with Gasteiger partial charge in [0.05, 0.1) is 10.6 Å². The van der Waals surface area contributed by atoms with E-state index < -0.39 is 5.82 Å². The van der Waals surface area contributed by atoms with E-state index in [1.165, 1.54) is 25.0 Å². The molecule has 0 atom stereocenters. The number of hydrogen-bond donors (Lipinski definition) is 0. The molecule has 1 aliphatic rings. The lowest BCUT2D eigenvalue weighted by Crippen LogP contribution is -2.08. The van der Waals surface area contributed by atoms with Gasteiger partial charge < -0.3 is 0 Å². The lowest BCUT2D eigenvalue weighted by atomic mass is 9.97. The van der Waals surface area contributed by atoms with Crippen LogP contribution in [0.25, 0.3) is 0 Å². The quantitative estimate of drug-likeness (QED) is 0.565. The summed E-state index contributed by atoms with van der Waals surface area (Å²) in [5.41, 5.74) is 0.116. The zero-order valence-electron chi connectivity index (χ0n) is 9.31. The number of carbonyl (C=O) groups excluding carboxylic acids is 1. The van der Waals surface area contributed by atoms with Gasteiger partial charge in [0.1, 0.15) is 5.82 Å². The fourth-order valence-electron chi connectivity index (χ4n) is 2.32. The molecular formula is C13H13BrClFO. The molecule has 2 rings (SSSR count). The second kappa shape index (κ2) is 5.49. The average Bonchev–Trinajstić information content (AvgIpc) is 2.76. The Labute approximate surface area is 113 Å². The van der Waals surface area contributed by atoms with Gasteiger partial charge in [0.2, 0.25) is 0 Å². The van der Waals surface area contributed by atoms with Crippen molar-refractivity contribution in [3.63, 3.8) is 0 Å². The van der Waals surface area contributed by atoms with E-state index in [1.807, 2.05) is 0 Å². The summed E-state index contributed by atoms with van der Waals surface area (Å²) in [5.74, 6) is -0.211. The summed E-state index contributed by atoms with van der Waals surface area (Å²) in [4.78, 5) is 12.0. The molecule has 0 bridgehead atoms. The Kier molecular flexibility index (Phi) is 4.21. The van der Waals surface area contributed by atoms with Gasteiger partial charge in [0, 0.05) is 10.9 Å². The van der Waals surface area contributed by atoms with Crippen LogP contribution in [0.2, 0.25) is 5.02 Å². The second-order valence-electron chi connectivity index (χ2n) is 4.52. The zero-order valence-corrected chi connectivity index (χ0v) is 11.7. The molecule has 1 nitrogen and oxygen atoms in total. The third-order valence-electron chi connectivity index (χ3n) is 3.26. The summed E-state index contributed by atoms with van der Waals surface area (Å²) in [5, 5.41) is 0.376. The van der Waals surface area contributed by atoms with E-state index in [0.717, 1.165) is 12.8 Å². The molecule has 0 aromatic heterocycles. The minimum Gasteiger partial charge on any atom is -0.294 e. The molecule has 0 amide bonds. The first-order chi connectivity index (χ1) is 8.08. The highest BCUT2D eigenvalue weighted by Gasteiger charge is 2.21. The first-order valence-corrected chi connectivity index (χ1v) is 6.93. The minimum atomic E-state index is -0.496. The van der Waals surface area contributed by atoms with Gasteiger partial charge in [-0.1, -0.05) is 37.3 Å². The van der Waals surface area contributed by atoms with Gasteiger partial charge in [0.15, 0.2) is 5.78 Å². The van der Waals surface area contributed by atoms with Crippen LogP contribution in [0, 0.1) is 11.7 Å². The van der Waals surface area contributed by atoms with E-state index in [9.17, 15) is 9.18 Å². The van der Waals surface area contributed by atoms with Crippen molar-refractivity contribution in [2.24, 2.45) is 5.92 Å². The van der Waals surface area contributed by atoms with Crippen LogP contribution in [-0.4, -0.2) is 5.78 Å². The lowest BCUT2D eigenvalue weighted by molar-refractivity contribution is 0.0958. The highest BCUT2D eigenvalue weighted by atomic mass is 79.9. The fourth-order valence-corrected chi connectivity index (χ4v) is 2.80. The number of halogens is 3. The molecular weight excluding hydrogens is 306 g/mol. The molecule has 1 aliphatic carbocycles. The number of Topliss-reactive ketones (excluding diaryl/α,β-unsaturated/α-hetero) is 1. The first kappa shape index (κ1) is 13.0. The predicted octanol–water partition coefficient (Wildman–Crippen LogP) is 5.00. The van der Waals surface area contributed by atoms with Crippen LogP contribution in [0.5, 0.6) is 0 Å². The van der Waals surface area contributed by atoms with Crippen LogP contribution < -0.4 is 0 Å². The molecule has 0 saturated heterocycles. The van der Waals surface area contributed by atoms with E-state index in [4.69, 9.17) is 11.6 Å². The molecule has 1 aromatic rings. The normalized spacial score (nSPS) is 16.4. The number of carbonyl (C=O) groups is 1. The van der Waals surface area contributed by atoms with Gasteiger partial charge in [0.25, 0.3) is 0 Å². The van der Waals surface area contributed by atoms with Crippen LogP contribution in [0.1, 0.15) is 42.5 Å². The third kappa shape index (κ3) is 3.08. The maximum absolute atomic E-state index is 13.6. The number of benzene rings is 1. The van der Waals surface area contributed by atoms with E-state index in [-0.39, 0.29) is 11.3 Å². The maximum atomic E-state index is 13.6. The second-order valence-corrected chi connectivity index (χ2v) is 5.79. The molecule has 0 heterocycles. The number of ketones is 1. The van der Waals surface area contributed by atoms with Gasteiger partial charge in [-0.2, -0.15) is 0 Å². The van der Waals surface area contributed by atoms with E-state index in [1.54, 1.807) is 0 Å². The smallest absolute Gasteiger partial charge is 0.166 e. The fraction of sp³-hybridized carbons (Fsp3) is 0.462. The molecule has 0 N–H and O–H groups in total. The Bertz CT molecular complexity index is 441. The highest BCUT2D eigenvalue weighted by Crippen LogP contribution is 2.31. The van der Waals surface area contributed by atoms with Crippen molar-refractivity contribution in [1.29, 1.82) is 0 Å². The molecule has 1 saturated carbocycles. The number of rotatable bonds is 3. The summed E-state index contributed by atoms with van der Waals surface area (Å²) in [6, 6.07) is 2.67. The van der Waals surface area contributed by atoms with Crippen LogP contribution in [0.3, 0.4) is 0 Å². The van der Waals surface area contributed by atoms with Gasteiger partial charge >= 0.3 is 0 Å². The summed E-state index contributed by atoms with van der Waals surface area (Å²) in [7, 11) is 0. The predicted molar refractivity (Wildman–Crippen MR) is 70.0 cm³/mol. The van der Waals surface area contributed by atoms with Crippen molar-refractivity contribution >= 4 is 33.3 Å². The Hall–Kier alpha value is -0.410. The summed E-state index contributed by atoms with van der Waals surface area (Å²) in [6.07, 6.45) is 4.97.